The number of hydrogen-bond acceptors (Lipinski definition) is 7. The van der Waals surface area contributed by atoms with Crippen LogP contribution in [0.1, 0.15) is 42.7 Å². The number of ether oxygens (including phenoxy) is 2. The van der Waals surface area contributed by atoms with Crippen LogP contribution in [0.25, 0.3) is 0 Å². The Hall–Kier alpha value is -3.53. The zero-order valence-corrected chi connectivity index (χ0v) is 21.4. The van der Waals surface area contributed by atoms with Gasteiger partial charge in [0, 0.05) is 18.3 Å². The fourth-order valence-electron chi connectivity index (χ4n) is 3.16. The van der Waals surface area contributed by atoms with Crippen LogP contribution in [0.15, 0.2) is 53.9 Å². The van der Waals surface area contributed by atoms with Gasteiger partial charge in [0.15, 0.2) is 16.7 Å². The Morgan fingerprint density at radius 2 is 1.91 bits per heavy atom. The van der Waals surface area contributed by atoms with E-state index in [1.54, 1.807) is 42.3 Å². The number of aryl methyl sites for hydroxylation is 1. The first-order chi connectivity index (χ1) is 16.8. The van der Waals surface area contributed by atoms with Crippen molar-refractivity contribution in [3.63, 3.8) is 0 Å². The molecule has 10 heteroatoms. The van der Waals surface area contributed by atoms with Gasteiger partial charge in [-0.2, -0.15) is 0 Å². The lowest BCUT2D eigenvalue weighted by Crippen LogP contribution is -2.26. The average Bonchev–Trinajstić information content (AvgIpc) is 3.25. The summed E-state index contributed by atoms with van der Waals surface area (Å²) in [7, 11) is 3.41. The molecule has 0 spiro atoms. The zero-order chi connectivity index (χ0) is 25.4. The molecule has 9 nitrogen and oxygen atoms in total. The molecule has 0 saturated heterocycles. The number of hydrogen-bond donors (Lipinski definition) is 2. The van der Waals surface area contributed by atoms with Crippen LogP contribution >= 0.6 is 11.8 Å². The van der Waals surface area contributed by atoms with E-state index >= 15 is 0 Å². The minimum atomic E-state index is -0.267. The van der Waals surface area contributed by atoms with Crippen LogP contribution in [0.3, 0.4) is 0 Å². The van der Waals surface area contributed by atoms with E-state index in [0.29, 0.717) is 40.4 Å². The third-order valence-corrected chi connectivity index (χ3v) is 6.05. The molecule has 3 aromatic rings. The summed E-state index contributed by atoms with van der Waals surface area (Å²) in [5.41, 5.74) is 1.87. The molecule has 0 bridgehead atoms. The largest absolute Gasteiger partial charge is 0.493 e. The molecule has 0 saturated carbocycles. The highest BCUT2D eigenvalue weighted by molar-refractivity contribution is 7.99. The van der Waals surface area contributed by atoms with Gasteiger partial charge in [0.05, 0.1) is 25.5 Å². The van der Waals surface area contributed by atoms with E-state index in [0.717, 1.165) is 5.56 Å². The van der Waals surface area contributed by atoms with Crippen molar-refractivity contribution in [1.82, 2.24) is 20.1 Å². The summed E-state index contributed by atoms with van der Waals surface area (Å²) in [5.74, 6) is 1.42. The van der Waals surface area contributed by atoms with E-state index in [4.69, 9.17) is 9.47 Å². The molecule has 2 amide bonds. The monoisotopic (exact) mass is 497 g/mol. The second-order valence-electron chi connectivity index (χ2n) is 8.45. The molecular formula is C25H31N5O4S. The summed E-state index contributed by atoms with van der Waals surface area (Å²) in [6, 6.07) is 12.2. The standard InChI is InChI=1S/C25H31N5O4S/c1-16(2)13-34-21-10-9-18(12-22(21)33-5)17(3)27-24(32)19-7-6-8-20(11-19)28-23(31)14-35-25-29-26-15-30(25)4/h6-12,15-17H,13-14H2,1-5H3,(H,27,32)(H,28,31). The normalized spacial score (nSPS) is 11.7. The Balaban J connectivity index is 1.60. The Morgan fingerprint density at radius 3 is 2.60 bits per heavy atom. The maximum absolute atomic E-state index is 12.9. The maximum atomic E-state index is 12.9. The predicted molar refractivity (Wildman–Crippen MR) is 136 cm³/mol. The maximum Gasteiger partial charge on any atom is 0.251 e. The predicted octanol–water partition coefficient (Wildman–Crippen LogP) is 4.08. The number of nitrogens with one attached hydrogen (secondary N) is 2. The second kappa shape index (κ2) is 12.3. The molecule has 0 aliphatic carbocycles. The van der Waals surface area contributed by atoms with Crippen LogP contribution in [0.4, 0.5) is 5.69 Å². The van der Waals surface area contributed by atoms with Gasteiger partial charge in [0.1, 0.15) is 6.33 Å². The number of amides is 2. The van der Waals surface area contributed by atoms with Crippen LogP contribution in [0.5, 0.6) is 11.5 Å². The van der Waals surface area contributed by atoms with Crippen LogP contribution in [0.2, 0.25) is 0 Å². The fourth-order valence-corrected chi connectivity index (χ4v) is 3.85. The number of thioether (sulfide) groups is 1. The van der Waals surface area contributed by atoms with Crippen molar-refractivity contribution >= 4 is 29.3 Å². The molecule has 2 aromatic carbocycles. The third-order valence-electron chi connectivity index (χ3n) is 5.02. The van der Waals surface area contributed by atoms with Gasteiger partial charge in [-0.15, -0.1) is 10.2 Å². The number of aromatic nitrogens is 3. The average molecular weight is 498 g/mol. The van der Waals surface area contributed by atoms with E-state index in [2.05, 4.69) is 34.7 Å². The molecule has 1 unspecified atom stereocenters. The lowest BCUT2D eigenvalue weighted by molar-refractivity contribution is -0.113. The fraction of sp³-hybridized carbons (Fsp3) is 0.360. The van der Waals surface area contributed by atoms with Crippen molar-refractivity contribution in [1.29, 1.82) is 0 Å². The van der Waals surface area contributed by atoms with Crippen molar-refractivity contribution < 1.29 is 19.1 Å². The molecule has 0 aliphatic heterocycles. The van der Waals surface area contributed by atoms with Crippen molar-refractivity contribution in [2.24, 2.45) is 13.0 Å². The number of rotatable bonds is 11. The lowest BCUT2D eigenvalue weighted by Gasteiger charge is -2.18. The van der Waals surface area contributed by atoms with Gasteiger partial charge in [0.2, 0.25) is 5.91 Å². The Bertz CT molecular complexity index is 1160. The van der Waals surface area contributed by atoms with Crippen molar-refractivity contribution in [2.45, 2.75) is 32.0 Å². The van der Waals surface area contributed by atoms with Gasteiger partial charge < -0.3 is 24.7 Å². The molecule has 1 atom stereocenters. The smallest absolute Gasteiger partial charge is 0.251 e. The molecule has 1 aromatic heterocycles. The number of methoxy groups -OCH3 is 1. The second-order valence-corrected chi connectivity index (χ2v) is 9.39. The molecule has 2 N–H and O–H groups in total. The molecule has 0 aliphatic rings. The molecule has 1 heterocycles. The first-order valence-corrected chi connectivity index (χ1v) is 12.2. The Labute approximate surface area is 209 Å². The minimum Gasteiger partial charge on any atom is -0.493 e. The topological polar surface area (TPSA) is 107 Å². The van der Waals surface area contributed by atoms with Crippen LogP contribution in [0, 0.1) is 5.92 Å². The lowest BCUT2D eigenvalue weighted by atomic mass is 10.1. The third kappa shape index (κ3) is 7.48. The van der Waals surface area contributed by atoms with Gasteiger partial charge in [-0.25, -0.2) is 0 Å². The molecule has 186 valence electrons. The number of benzene rings is 2. The van der Waals surface area contributed by atoms with Crippen molar-refractivity contribution in [3.05, 3.63) is 59.9 Å². The van der Waals surface area contributed by atoms with Gasteiger partial charge in [0.25, 0.3) is 5.91 Å². The van der Waals surface area contributed by atoms with E-state index in [-0.39, 0.29) is 23.6 Å². The highest BCUT2D eigenvalue weighted by atomic mass is 32.2. The van der Waals surface area contributed by atoms with Gasteiger partial charge in [-0.05, 0) is 48.7 Å². The van der Waals surface area contributed by atoms with E-state index < -0.39 is 0 Å². The number of anilines is 1. The summed E-state index contributed by atoms with van der Waals surface area (Å²) >= 11 is 1.28. The van der Waals surface area contributed by atoms with Crippen LogP contribution < -0.4 is 20.1 Å². The van der Waals surface area contributed by atoms with Crippen LogP contribution in [-0.4, -0.2) is 46.0 Å². The summed E-state index contributed by atoms with van der Waals surface area (Å²) < 4.78 is 13.0. The van der Waals surface area contributed by atoms with Crippen LogP contribution in [-0.2, 0) is 11.8 Å². The first kappa shape index (κ1) is 26.1. The Morgan fingerprint density at radius 1 is 1.11 bits per heavy atom. The van der Waals surface area contributed by atoms with E-state index in [9.17, 15) is 9.59 Å². The van der Waals surface area contributed by atoms with Gasteiger partial charge in [-0.3, -0.25) is 9.59 Å². The zero-order valence-electron chi connectivity index (χ0n) is 20.6. The minimum absolute atomic E-state index is 0.179. The number of carbonyl (C=O) groups is 2. The van der Waals surface area contributed by atoms with E-state index in [1.165, 1.54) is 11.8 Å². The van der Waals surface area contributed by atoms with Gasteiger partial charge >= 0.3 is 0 Å². The highest BCUT2D eigenvalue weighted by Crippen LogP contribution is 2.31. The number of nitrogens with zero attached hydrogens (tertiary/aromatic N) is 3. The summed E-state index contributed by atoms with van der Waals surface area (Å²) in [6.07, 6.45) is 1.58. The first-order valence-electron chi connectivity index (χ1n) is 11.2. The highest BCUT2D eigenvalue weighted by Gasteiger charge is 2.15. The van der Waals surface area contributed by atoms with Crippen molar-refractivity contribution in [3.8, 4) is 11.5 Å². The molecule has 3 rings (SSSR count). The summed E-state index contributed by atoms with van der Waals surface area (Å²) in [4.78, 5) is 25.2. The molecular weight excluding hydrogens is 466 g/mol. The van der Waals surface area contributed by atoms with E-state index in [1.807, 2.05) is 32.2 Å². The quantitative estimate of drug-likeness (QED) is 0.384. The number of carbonyl (C=O) groups excluding carboxylic acids is 2. The molecule has 0 radical (unpaired) electrons. The van der Waals surface area contributed by atoms with Crippen molar-refractivity contribution in [2.75, 3.05) is 24.8 Å². The van der Waals surface area contributed by atoms with Gasteiger partial charge in [-0.1, -0.05) is 37.7 Å². The summed E-state index contributed by atoms with van der Waals surface area (Å²) in [5, 5.41) is 14.2. The summed E-state index contributed by atoms with van der Waals surface area (Å²) in [6.45, 7) is 6.65. The SMILES string of the molecule is COc1cc(C(C)NC(=O)c2cccc(NC(=O)CSc3nncn3C)c2)ccc1OCC(C)C. The molecule has 35 heavy (non-hydrogen) atoms. The Kier molecular flexibility index (Phi) is 9.13. The molecule has 0 fully saturated rings.